The van der Waals surface area contributed by atoms with Crippen molar-refractivity contribution >= 4 is 10.9 Å². The molecule has 7 nitrogen and oxygen atoms in total. The van der Waals surface area contributed by atoms with E-state index in [-0.39, 0.29) is 11.6 Å². The number of hydrogen-bond donors (Lipinski definition) is 1. The van der Waals surface area contributed by atoms with Crippen LogP contribution < -0.4 is 5.56 Å². The Morgan fingerprint density at radius 3 is 2.55 bits per heavy atom. The molecule has 2 aromatic heterocycles. The number of pyridine rings is 1. The van der Waals surface area contributed by atoms with E-state index in [2.05, 4.69) is 69.1 Å². The second-order valence-corrected chi connectivity index (χ2v) is 10.1. The van der Waals surface area contributed by atoms with Crippen LogP contribution in [0.15, 0.2) is 23.0 Å². The molecule has 0 spiro atoms. The Bertz CT molecular complexity index is 1170. The molecule has 2 heterocycles. The fourth-order valence-corrected chi connectivity index (χ4v) is 6.15. The van der Waals surface area contributed by atoms with Crippen LogP contribution in [0.3, 0.4) is 0 Å². The SMILES string of the molecule is CC[C@@H](c1nnnn1C1CCCC1)N(Cc1cc2c(C)cc(C)cc2[nH]c1=O)C1CCCC1. The molecule has 7 heteroatoms. The van der Waals surface area contributed by atoms with E-state index < -0.39 is 0 Å². The van der Waals surface area contributed by atoms with Gasteiger partial charge >= 0.3 is 0 Å². The summed E-state index contributed by atoms with van der Waals surface area (Å²) in [7, 11) is 0. The quantitative estimate of drug-likeness (QED) is 0.541. The molecule has 1 aromatic carbocycles. The molecular weight excluding hydrogens is 412 g/mol. The van der Waals surface area contributed by atoms with E-state index in [0.717, 1.165) is 41.6 Å². The maximum Gasteiger partial charge on any atom is 0.252 e. The number of aromatic amines is 1. The third-order valence-electron chi connectivity index (χ3n) is 7.81. The number of nitrogens with zero attached hydrogens (tertiary/aromatic N) is 5. The average Bonchev–Trinajstić information content (AvgIpc) is 3.56. The number of fused-ring (bicyclic) bond motifs is 1. The normalized spacial score (nSPS) is 18.7. The summed E-state index contributed by atoms with van der Waals surface area (Å²) < 4.78 is 2.10. The van der Waals surface area contributed by atoms with Crippen LogP contribution in [-0.4, -0.2) is 36.1 Å². The smallest absolute Gasteiger partial charge is 0.252 e. The number of benzene rings is 1. The molecule has 2 fully saturated rings. The van der Waals surface area contributed by atoms with E-state index in [9.17, 15) is 4.79 Å². The van der Waals surface area contributed by atoms with Crippen molar-refractivity contribution in [3.63, 3.8) is 0 Å². The maximum atomic E-state index is 13.2. The summed E-state index contributed by atoms with van der Waals surface area (Å²) in [6.07, 6.45) is 10.6. The minimum atomic E-state index is 0.0146. The lowest BCUT2D eigenvalue weighted by Crippen LogP contribution is -2.39. The molecule has 0 radical (unpaired) electrons. The van der Waals surface area contributed by atoms with Crippen LogP contribution in [0.1, 0.15) is 99.3 Å². The average molecular weight is 449 g/mol. The number of aryl methyl sites for hydroxylation is 2. The van der Waals surface area contributed by atoms with Crippen molar-refractivity contribution in [3.8, 4) is 0 Å². The van der Waals surface area contributed by atoms with Crippen molar-refractivity contribution in [2.45, 2.75) is 103 Å². The van der Waals surface area contributed by atoms with Crippen molar-refractivity contribution in [3.05, 3.63) is 51.1 Å². The number of nitrogens with one attached hydrogen (secondary N) is 1. The zero-order valence-electron chi connectivity index (χ0n) is 20.2. The van der Waals surface area contributed by atoms with E-state index in [0.29, 0.717) is 18.6 Å². The molecule has 2 aliphatic carbocycles. The molecule has 2 aliphatic rings. The van der Waals surface area contributed by atoms with Crippen LogP contribution in [0.2, 0.25) is 0 Å². The lowest BCUT2D eigenvalue weighted by molar-refractivity contribution is 0.110. The van der Waals surface area contributed by atoms with Crippen LogP contribution in [0.25, 0.3) is 10.9 Å². The van der Waals surface area contributed by atoms with Crippen molar-refractivity contribution in [1.82, 2.24) is 30.1 Å². The summed E-state index contributed by atoms with van der Waals surface area (Å²) in [5.74, 6) is 0.973. The van der Waals surface area contributed by atoms with Gasteiger partial charge in [0.05, 0.1) is 12.1 Å². The number of aromatic nitrogens is 5. The molecule has 176 valence electrons. The molecule has 0 unspecified atom stereocenters. The van der Waals surface area contributed by atoms with Gasteiger partial charge in [0.15, 0.2) is 5.82 Å². The summed E-state index contributed by atoms with van der Waals surface area (Å²) in [4.78, 5) is 18.8. The zero-order chi connectivity index (χ0) is 22.9. The summed E-state index contributed by atoms with van der Waals surface area (Å²) in [5.41, 5.74) is 4.14. The van der Waals surface area contributed by atoms with Crippen molar-refractivity contribution in [2.24, 2.45) is 0 Å². The first kappa shape index (κ1) is 22.3. The fourth-order valence-electron chi connectivity index (χ4n) is 6.15. The van der Waals surface area contributed by atoms with Crippen molar-refractivity contribution in [1.29, 1.82) is 0 Å². The van der Waals surface area contributed by atoms with E-state index in [4.69, 9.17) is 0 Å². The van der Waals surface area contributed by atoms with E-state index >= 15 is 0 Å². The summed E-state index contributed by atoms with van der Waals surface area (Å²) >= 11 is 0. The van der Waals surface area contributed by atoms with Crippen LogP contribution in [0.4, 0.5) is 0 Å². The van der Waals surface area contributed by atoms with E-state index in [1.165, 1.54) is 49.7 Å². The summed E-state index contributed by atoms with van der Waals surface area (Å²) in [6, 6.07) is 7.33. The first-order chi connectivity index (χ1) is 16.0. The molecular formula is C26H36N6O. The predicted molar refractivity (Wildman–Crippen MR) is 130 cm³/mol. The van der Waals surface area contributed by atoms with Crippen LogP contribution in [-0.2, 0) is 6.54 Å². The van der Waals surface area contributed by atoms with Gasteiger partial charge in [-0.15, -0.1) is 5.10 Å². The second-order valence-electron chi connectivity index (χ2n) is 10.1. The minimum Gasteiger partial charge on any atom is -0.322 e. The molecule has 1 atom stereocenters. The highest BCUT2D eigenvalue weighted by molar-refractivity contribution is 5.83. The minimum absolute atomic E-state index is 0.0146. The Labute approximate surface area is 195 Å². The Morgan fingerprint density at radius 2 is 1.82 bits per heavy atom. The molecule has 0 bridgehead atoms. The highest BCUT2D eigenvalue weighted by Gasteiger charge is 2.34. The molecule has 3 aromatic rings. The molecule has 33 heavy (non-hydrogen) atoms. The predicted octanol–water partition coefficient (Wildman–Crippen LogP) is 5.14. The topological polar surface area (TPSA) is 79.7 Å². The molecule has 0 amide bonds. The van der Waals surface area contributed by atoms with Crippen LogP contribution in [0.5, 0.6) is 0 Å². The van der Waals surface area contributed by atoms with E-state index in [1.54, 1.807) is 0 Å². The lowest BCUT2D eigenvalue weighted by Gasteiger charge is -2.35. The maximum absolute atomic E-state index is 13.2. The Balaban J connectivity index is 1.53. The highest BCUT2D eigenvalue weighted by atomic mass is 16.1. The van der Waals surface area contributed by atoms with E-state index in [1.807, 2.05) is 0 Å². The number of rotatable bonds is 7. The van der Waals surface area contributed by atoms with Gasteiger partial charge in [-0.2, -0.15) is 0 Å². The van der Waals surface area contributed by atoms with Gasteiger partial charge in [-0.25, -0.2) is 4.68 Å². The van der Waals surface area contributed by atoms with Gasteiger partial charge in [0, 0.05) is 29.1 Å². The first-order valence-electron chi connectivity index (χ1n) is 12.7. The monoisotopic (exact) mass is 448 g/mol. The van der Waals surface area contributed by atoms with Gasteiger partial charge < -0.3 is 4.98 Å². The van der Waals surface area contributed by atoms with Gasteiger partial charge in [-0.1, -0.05) is 38.7 Å². The first-order valence-corrected chi connectivity index (χ1v) is 12.7. The van der Waals surface area contributed by atoms with Crippen LogP contribution in [0, 0.1) is 13.8 Å². The summed E-state index contributed by atoms with van der Waals surface area (Å²) in [5, 5.41) is 14.2. The summed E-state index contributed by atoms with van der Waals surface area (Å²) in [6.45, 7) is 7.04. The van der Waals surface area contributed by atoms with Crippen molar-refractivity contribution < 1.29 is 0 Å². The van der Waals surface area contributed by atoms with Gasteiger partial charge in [0.25, 0.3) is 5.56 Å². The Kier molecular flexibility index (Phi) is 6.32. The van der Waals surface area contributed by atoms with Gasteiger partial charge in [-0.3, -0.25) is 9.69 Å². The highest BCUT2D eigenvalue weighted by Crippen LogP contribution is 2.36. The molecule has 1 N–H and O–H groups in total. The fraction of sp³-hybridized carbons (Fsp3) is 0.615. The van der Waals surface area contributed by atoms with Gasteiger partial charge in [0.1, 0.15) is 0 Å². The van der Waals surface area contributed by atoms with Gasteiger partial charge in [0.2, 0.25) is 0 Å². The van der Waals surface area contributed by atoms with Crippen LogP contribution >= 0.6 is 0 Å². The zero-order valence-corrected chi connectivity index (χ0v) is 20.2. The molecule has 0 aliphatic heterocycles. The lowest BCUT2D eigenvalue weighted by atomic mass is 10.0. The third kappa shape index (κ3) is 4.35. The standard InChI is InChI=1S/C26H36N6O/c1-4-24(25-28-29-30-32(25)21-11-7-8-12-21)31(20-9-5-6-10-20)16-19-15-22-18(3)13-17(2)14-23(22)27-26(19)33/h13-15,20-21,24H,4-12,16H2,1-3H3,(H,27,33)/t24-/m0/s1. The number of H-pyrrole nitrogens is 1. The number of tetrazole rings is 1. The third-order valence-corrected chi connectivity index (χ3v) is 7.81. The van der Waals surface area contributed by atoms with Crippen molar-refractivity contribution in [2.75, 3.05) is 0 Å². The number of hydrogen-bond acceptors (Lipinski definition) is 5. The largest absolute Gasteiger partial charge is 0.322 e. The molecule has 2 saturated carbocycles. The second kappa shape index (κ2) is 9.37. The molecule has 5 rings (SSSR count). The Morgan fingerprint density at radius 1 is 1.09 bits per heavy atom. The Hall–Kier alpha value is -2.54. The van der Waals surface area contributed by atoms with Gasteiger partial charge in [-0.05, 0) is 79.6 Å². The molecule has 0 saturated heterocycles.